The van der Waals surface area contributed by atoms with Crippen LogP contribution in [-0.4, -0.2) is 17.9 Å². The van der Waals surface area contributed by atoms with Crippen LogP contribution in [0, 0.1) is 0 Å². The average molecular weight is 205 g/mol. The summed E-state index contributed by atoms with van der Waals surface area (Å²) in [7, 11) is 0. The number of ether oxygens (including phenoxy) is 1. The molecule has 0 saturated carbocycles. The van der Waals surface area contributed by atoms with Gasteiger partial charge in [0.2, 0.25) is 0 Å². The molecular weight excluding hydrogens is 196 g/mol. The molecule has 0 unspecified atom stereocenters. The Bertz CT molecular complexity index is 152. The van der Waals surface area contributed by atoms with Crippen LogP contribution in [0.5, 0.6) is 0 Å². The van der Waals surface area contributed by atoms with Crippen LogP contribution >= 0.6 is 15.9 Å². The molecule has 0 aliphatic rings. The maximum absolute atomic E-state index is 10.7. The second kappa shape index (κ2) is 5.23. The van der Waals surface area contributed by atoms with Gasteiger partial charge in [0.15, 0.2) is 0 Å². The predicted molar refractivity (Wildman–Crippen MR) is 44.1 cm³/mol. The first-order valence-corrected chi connectivity index (χ1v) is 3.86. The molecule has 0 spiro atoms. The Kier molecular flexibility index (Phi) is 4.94. The number of rotatable bonds is 4. The molecule has 0 aromatic rings. The quantitative estimate of drug-likeness (QED) is 0.302. The third-order valence-corrected chi connectivity index (χ3v) is 1.46. The van der Waals surface area contributed by atoms with Crippen LogP contribution in [0.15, 0.2) is 24.8 Å². The molecule has 0 aliphatic carbocycles. The van der Waals surface area contributed by atoms with Gasteiger partial charge in [-0.3, -0.25) is 0 Å². The first-order valence-electron chi connectivity index (χ1n) is 2.74. The summed E-state index contributed by atoms with van der Waals surface area (Å²) in [6.07, 6.45) is 1.51. The van der Waals surface area contributed by atoms with Crippen molar-refractivity contribution in [2.24, 2.45) is 0 Å². The van der Waals surface area contributed by atoms with Crippen molar-refractivity contribution in [1.82, 2.24) is 0 Å². The van der Waals surface area contributed by atoms with Crippen LogP contribution in [0.25, 0.3) is 0 Å². The number of carbonyl (C=O) groups excluding carboxylic acids is 1. The fourth-order valence-corrected chi connectivity index (χ4v) is 0.520. The molecule has 0 aromatic carbocycles. The number of carbonyl (C=O) groups is 1. The highest BCUT2D eigenvalue weighted by Gasteiger charge is 2.04. The maximum Gasteiger partial charge on any atom is 0.334 e. The minimum Gasteiger partial charge on any atom is -0.458 e. The molecule has 0 N–H and O–H groups in total. The highest BCUT2D eigenvalue weighted by atomic mass is 79.9. The number of hydrogen-bond acceptors (Lipinski definition) is 2. The SMILES string of the molecule is C=CCOC(=O)C(=C)CBr. The minimum atomic E-state index is -0.378. The van der Waals surface area contributed by atoms with Crippen LogP contribution in [0.4, 0.5) is 0 Å². The van der Waals surface area contributed by atoms with Crippen LogP contribution in [0.2, 0.25) is 0 Å². The first kappa shape index (κ1) is 9.43. The van der Waals surface area contributed by atoms with E-state index in [2.05, 4.69) is 33.8 Å². The second-order valence-corrected chi connectivity index (χ2v) is 2.19. The highest BCUT2D eigenvalue weighted by Crippen LogP contribution is 1.98. The summed E-state index contributed by atoms with van der Waals surface area (Å²) in [5.74, 6) is -0.378. The van der Waals surface area contributed by atoms with Crippen molar-refractivity contribution in [3.05, 3.63) is 24.8 Å². The topological polar surface area (TPSA) is 26.3 Å². The van der Waals surface area contributed by atoms with Crippen LogP contribution in [0.3, 0.4) is 0 Å². The lowest BCUT2D eigenvalue weighted by molar-refractivity contribution is -0.137. The Morgan fingerprint density at radius 2 is 2.30 bits per heavy atom. The normalized spacial score (nSPS) is 8.50. The Hall–Kier alpha value is -0.570. The fraction of sp³-hybridized carbons (Fsp3) is 0.286. The molecule has 0 rings (SSSR count). The molecule has 0 radical (unpaired) electrons. The van der Waals surface area contributed by atoms with E-state index < -0.39 is 0 Å². The van der Waals surface area contributed by atoms with Gasteiger partial charge >= 0.3 is 5.97 Å². The number of halogens is 1. The molecule has 2 nitrogen and oxygen atoms in total. The molecule has 0 aliphatic heterocycles. The third kappa shape index (κ3) is 3.45. The zero-order valence-corrected chi connectivity index (χ0v) is 7.19. The summed E-state index contributed by atoms with van der Waals surface area (Å²) in [6, 6.07) is 0. The van der Waals surface area contributed by atoms with Crippen molar-refractivity contribution in [1.29, 1.82) is 0 Å². The van der Waals surface area contributed by atoms with E-state index >= 15 is 0 Å². The van der Waals surface area contributed by atoms with Gasteiger partial charge in [-0.2, -0.15) is 0 Å². The second-order valence-electron chi connectivity index (χ2n) is 1.62. The molecule has 0 aromatic heterocycles. The molecular formula is C7H9BrO2. The minimum absolute atomic E-state index is 0.241. The van der Waals surface area contributed by atoms with Crippen molar-refractivity contribution in [3.63, 3.8) is 0 Å². The zero-order valence-electron chi connectivity index (χ0n) is 5.60. The smallest absolute Gasteiger partial charge is 0.334 e. The van der Waals surface area contributed by atoms with Gasteiger partial charge in [0.05, 0.1) is 0 Å². The van der Waals surface area contributed by atoms with Gasteiger partial charge in [-0.1, -0.05) is 35.2 Å². The number of alkyl halides is 1. The molecule has 0 bridgehead atoms. The number of hydrogen-bond donors (Lipinski definition) is 0. The van der Waals surface area contributed by atoms with E-state index in [-0.39, 0.29) is 12.6 Å². The highest BCUT2D eigenvalue weighted by molar-refractivity contribution is 9.09. The lowest BCUT2D eigenvalue weighted by Gasteiger charge is -1.99. The predicted octanol–water partition coefficient (Wildman–Crippen LogP) is 1.67. The monoisotopic (exact) mass is 204 g/mol. The molecule has 0 saturated heterocycles. The van der Waals surface area contributed by atoms with E-state index in [1.807, 2.05) is 0 Å². The van der Waals surface area contributed by atoms with Gasteiger partial charge in [-0.05, 0) is 0 Å². The fourth-order valence-electron chi connectivity index (χ4n) is 0.291. The van der Waals surface area contributed by atoms with Gasteiger partial charge in [0.25, 0.3) is 0 Å². The van der Waals surface area contributed by atoms with E-state index in [9.17, 15) is 4.79 Å². The Labute approximate surface area is 68.7 Å². The third-order valence-electron chi connectivity index (χ3n) is 0.782. The van der Waals surface area contributed by atoms with E-state index in [1.54, 1.807) is 0 Å². The molecule has 10 heavy (non-hydrogen) atoms. The molecule has 0 fully saturated rings. The molecule has 56 valence electrons. The largest absolute Gasteiger partial charge is 0.458 e. The van der Waals surface area contributed by atoms with Crippen molar-refractivity contribution in [3.8, 4) is 0 Å². The Morgan fingerprint density at radius 3 is 2.70 bits per heavy atom. The van der Waals surface area contributed by atoms with E-state index in [1.165, 1.54) is 6.08 Å². The van der Waals surface area contributed by atoms with Crippen LogP contribution in [0.1, 0.15) is 0 Å². The van der Waals surface area contributed by atoms with Gasteiger partial charge in [-0.15, -0.1) is 0 Å². The molecule has 0 atom stereocenters. The van der Waals surface area contributed by atoms with Crippen molar-refractivity contribution >= 4 is 21.9 Å². The van der Waals surface area contributed by atoms with Gasteiger partial charge in [0.1, 0.15) is 6.61 Å². The molecule has 0 heterocycles. The van der Waals surface area contributed by atoms with Crippen molar-refractivity contribution < 1.29 is 9.53 Å². The molecule has 3 heteroatoms. The van der Waals surface area contributed by atoms with E-state index in [4.69, 9.17) is 0 Å². The summed E-state index contributed by atoms with van der Waals surface area (Å²) in [4.78, 5) is 10.7. The van der Waals surface area contributed by atoms with E-state index in [0.29, 0.717) is 10.9 Å². The molecule has 0 amide bonds. The summed E-state index contributed by atoms with van der Waals surface area (Å²) in [5, 5.41) is 0.447. The Balaban J connectivity index is 3.62. The summed E-state index contributed by atoms with van der Waals surface area (Å²) in [5.41, 5.74) is 0.418. The van der Waals surface area contributed by atoms with Gasteiger partial charge < -0.3 is 4.74 Å². The van der Waals surface area contributed by atoms with Crippen LogP contribution in [-0.2, 0) is 9.53 Å². The lowest BCUT2D eigenvalue weighted by atomic mass is 10.4. The lowest BCUT2D eigenvalue weighted by Crippen LogP contribution is -2.07. The average Bonchev–Trinajstić information content (AvgIpc) is 1.98. The number of esters is 1. The summed E-state index contributed by atoms with van der Waals surface area (Å²) >= 11 is 3.08. The van der Waals surface area contributed by atoms with Crippen molar-refractivity contribution in [2.45, 2.75) is 0 Å². The first-order chi connectivity index (χ1) is 4.72. The Morgan fingerprint density at radius 1 is 1.70 bits per heavy atom. The maximum atomic E-state index is 10.7. The van der Waals surface area contributed by atoms with Gasteiger partial charge in [-0.25, -0.2) is 4.79 Å². The standard InChI is InChI=1S/C7H9BrO2/c1-3-4-10-7(9)6(2)5-8/h3H,1-2,4-5H2. The summed E-state index contributed by atoms with van der Waals surface area (Å²) < 4.78 is 4.66. The van der Waals surface area contributed by atoms with E-state index in [0.717, 1.165) is 0 Å². The van der Waals surface area contributed by atoms with Crippen molar-refractivity contribution in [2.75, 3.05) is 11.9 Å². The summed E-state index contributed by atoms with van der Waals surface area (Å²) in [6.45, 7) is 7.11. The zero-order chi connectivity index (χ0) is 7.98. The van der Waals surface area contributed by atoms with Crippen LogP contribution < -0.4 is 0 Å². The van der Waals surface area contributed by atoms with Gasteiger partial charge in [0, 0.05) is 10.9 Å².